The fraction of sp³-hybridized carbons (Fsp3) is 0.333. The van der Waals surface area contributed by atoms with Crippen LogP contribution < -0.4 is 20.1 Å². The second-order valence-corrected chi connectivity index (χ2v) is 9.97. The molecule has 2 amide bonds. The van der Waals surface area contributed by atoms with Crippen LogP contribution >= 0.6 is 0 Å². The lowest BCUT2D eigenvalue weighted by molar-refractivity contribution is -0.118. The molecule has 7 nitrogen and oxygen atoms in total. The number of fused-ring (bicyclic) bond motifs is 1. The molecule has 0 bridgehead atoms. The Morgan fingerprint density at radius 1 is 0.973 bits per heavy atom. The number of amides is 2. The lowest BCUT2D eigenvalue weighted by Gasteiger charge is -2.18. The minimum atomic E-state index is -0.536. The number of hydrogen-bond acceptors (Lipinski definition) is 5. The average Bonchev–Trinajstić information content (AvgIpc) is 3.59. The predicted octanol–water partition coefficient (Wildman–Crippen LogP) is 5.10. The Labute approximate surface area is 220 Å². The van der Waals surface area contributed by atoms with Crippen LogP contribution in [0.1, 0.15) is 44.1 Å². The van der Waals surface area contributed by atoms with Crippen molar-refractivity contribution in [2.75, 3.05) is 39.3 Å². The van der Waals surface area contributed by atoms with Crippen molar-refractivity contribution in [2.24, 2.45) is 0 Å². The van der Waals surface area contributed by atoms with Gasteiger partial charge in [-0.05, 0) is 92.0 Å². The molecule has 0 aromatic heterocycles. The molecule has 37 heavy (non-hydrogen) atoms. The number of hydrogen-bond donors (Lipinski definition) is 2. The molecule has 1 aliphatic heterocycles. The number of carbonyl (C=O) groups is 2. The summed E-state index contributed by atoms with van der Waals surface area (Å²) in [6.45, 7) is 3.72. The van der Waals surface area contributed by atoms with Gasteiger partial charge in [-0.15, -0.1) is 0 Å². The molecule has 0 radical (unpaired) electrons. The van der Waals surface area contributed by atoms with Gasteiger partial charge < -0.3 is 25.0 Å². The number of aryl methyl sites for hydroxylation is 1. The maximum Gasteiger partial charge on any atom is 0.251 e. The molecule has 3 aromatic rings. The molecule has 1 heterocycles. The molecular formula is C30H37N3O4. The Hall–Kier alpha value is -3.84. The Kier molecular flexibility index (Phi) is 6.89. The topological polar surface area (TPSA) is 79.9 Å². The molecule has 7 heteroatoms. The third-order valence-electron chi connectivity index (χ3n) is 7.16. The van der Waals surface area contributed by atoms with Crippen LogP contribution in [0.4, 0.5) is 5.69 Å². The molecule has 2 aliphatic rings. The number of likely N-dealkylation sites (N-methyl/N-ethyl adjacent to an activating group) is 1. The Bertz CT molecular complexity index is 1320. The summed E-state index contributed by atoms with van der Waals surface area (Å²) in [5.74, 6) is 1.33. The van der Waals surface area contributed by atoms with Crippen LogP contribution in [0.15, 0.2) is 60.7 Å². The van der Waals surface area contributed by atoms with Crippen molar-refractivity contribution < 1.29 is 21.9 Å². The highest BCUT2D eigenvalue weighted by molar-refractivity contribution is 6.02. The van der Waals surface area contributed by atoms with Crippen LogP contribution in [0.2, 0.25) is 0 Å². The van der Waals surface area contributed by atoms with E-state index >= 15 is 0 Å². The van der Waals surface area contributed by atoms with Gasteiger partial charge in [0, 0.05) is 27.2 Å². The zero-order valence-electron chi connectivity index (χ0n) is 21.6. The van der Waals surface area contributed by atoms with Crippen molar-refractivity contribution in [3.05, 3.63) is 77.4 Å². The van der Waals surface area contributed by atoms with Crippen LogP contribution in [0.3, 0.4) is 0 Å². The average molecular weight is 504 g/mol. The molecule has 0 unspecified atom stereocenters. The summed E-state index contributed by atoms with van der Waals surface area (Å²) in [4.78, 5) is 27.9. The second-order valence-electron chi connectivity index (χ2n) is 9.97. The van der Waals surface area contributed by atoms with Crippen molar-refractivity contribution in [3.63, 3.8) is 0 Å². The standard InChI is InChI=1S/C30H33N3O4.2H2/c1-4-20-9-11-24(18-25(20)21-5-7-22(8-6-21)28(34)31-15-16-33(2)3)32-29(35)30(13-14-30)23-10-12-26-27(17-23)37-19-36-26;;/h5-12,17-18H,4,13-16,19H2,1-3H3,(H,31,34)(H,32,35);2*1H. The van der Waals surface area contributed by atoms with E-state index in [9.17, 15) is 9.59 Å². The molecule has 196 valence electrons. The van der Waals surface area contributed by atoms with E-state index in [1.807, 2.05) is 73.6 Å². The number of ether oxygens (including phenoxy) is 2. The highest BCUT2D eigenvalue weighted by atomic mass is 16.7. The number of carbonyl (C=O) groups excluding carboxylic acids is 2. The summed E-state index contributed by atoms with van der Waals surface area (Å²) in [7, 11) is 3.95. The van der Waals surface area contributed by atoms with Gasteiger partial charge in [0.15, 0.2) is 11.5 Å². The van der Waals surface area contributed by atoms with E-state index in [1.165, 1.54) is 5.56 Å². The quantitative estimate of drug-likeness (QED) is 0.425. The van der Waals surface area contributed by atoms with E-state index in [4.69, 9.17) is 9.47 Å². The monoisotopic (exact) mass is 503 g/mol. The third kappa shape index (κ3) is 5.18. The number of nitrogens with zero attached hydrogens (tertiary/aromatic N) is 1. The largest absolute Gasteiger partial charge is 0.454 e. The summed E-state index contributed by atoms with van der Waals surface area (Å²) in [5, 5.41) is 6.10. The molecule has 1 aliphatic carbocycles. The fourth-order valence-electron chi connectivity index (χ4n) is 4.74. The lowest BCUT2D eigenvalue weighted by atomic mass is 9.93. The van der Waals surface area contributed by atoms with Gasteiger partial charge in [-0.3, -0.25) is 9.59 Å². The van der Waals surface area contributed by atoms with Crippen molar-refractivity contribution in [2.45, 2.75) is 31.6 Å². The zero-order valence-corrected chi connectivity index (χ0v) is 21.6. The highest BCUT2D eigenvalue weighted by Gasteiger charge is 2.51. The number of nitrogens with one attached hydrogen (secondary N) is 2. The maximum absolute atomic E-state index is 13.4. The third-order valence-corrected chi connectivity index (χ3v) is 7.16. The second kappa shape index (κ2) is 10.3. The molecule has 0 saturated heterocycles. The SMILES string of the molecule is CCc1ccc(NC(=O)C2(c3ccc4c(c3)OCO4)CC2)cc1-c1ccc(C(=O)NCCN(C)C)cc1.[HH].[HH]. The zero-order chi connectivity index (χ0) is 26.0. The molecule has 3 aromatic carbocycles. The van der Waals surface area contributed by atoms with Crippen molar-refractivity contribution >= 4 is 17.5 Å². The van der Waals surface area contributed by atoms with Crippen LogP contribution in [-0.2, 0) is 16.6 Å². The molecule has 5 rings (SSSR count). The van der Waals surface area contributed by atoms with Crippen LogP contribution in [0.5, 0.6) is 11.5 Å². The summed E-state index contributed by atoms with van der Waals surface area (Å²) in [6, 6.07) is 19.5. The van der Waals surface area contributed by atoms with Gasteiger partial charge >= 0.3 is 0 Å². The van der Waals surface area contributed by atoms with E-state index in [-0.39, 0.29) is 21.5 Å². The predicted molar refractivity (Wildman–Crippen MR) is 148 cm³/mol. The first-order valence-electron chi connectivity index (χ1n) is 12.8. The highest BCUT2D eigenvalue weighted by Crippen LogP contribution is 2.51. The van der Waals surface area contributed by atoms with Crippen molar-refractivity contribution in [1.82, 2.24) is 10.2 Å². The fourth-order valence-corrected chi connectivity index (χ4v) is 4.74. The van der Waals surface area contributed by atoms with Gasteiger partial charge in [0.25, 0.3) is 5.91 Å². The first-order valence-corrected chi connectivity index (χ1v) is 12.8. The first-order chi connectivity index (χ1) is 17.9. The van der Waals surface area contributed by atoms with Crippen molar-refractivity contribution in [3.8, 4) is 22.6 Å². The van der Waals surface area contributed by atoms with Gasteiger partial charge in [0.05, 0.1) is 5.41 Å². The Balaban J connectivity index is 0.00000210. The van der Waals surface area contributed by atoms with Gasteiger partial charge in [-0.2, -0.15) is 0 Å². The van der Waals surface area contributed by atoms with Gasteiger partial charge in [-0.1, -0.05) is 31.2 Å². The molecule has 1 saturated carbocycles. The van der Waals surface area contributed by atoms with E-state index < -0.39 is 5.41 Å². The molecule has 0 spiro atoms. The Morgan fingerprint density at radius 3 is 2.43 bits per heavy atom. The summed E-state index contributed by atoms with van der Waals surface area (Å²) in [5.41, 5.74) is 5.05. The van der Waals surface area contributed by atoms with Gasteiger partial charge in [0.1, 0.15) is 0 Å². The van der Waals surface area contributed by atoms with Crippen LogP contribution in [-0.4, -0.2) is 50.7 Å². The smallest absolute Gasteiger partial charge is 0.251 e. The number of benzene rings is 3. The van der Waals surface area contributed by atoms with Crippen molar-refractivity contribution in [1.29, 1.82) is 0 Å². The summed E-state index contributed by atoms with van der Waals surface area (Å²) >= 11 is 0. The summed E-state index contributed by atoms with van der Waals surface area (Å²) in [6.07, 6.45) is 2.46. The van der Waals surface area contributed by atoms with E-state index in [0.29, 0.717) is 17.9 Å². The summed E-state index contributed by atoms with van der Waals surface area (Å²) < 4.78 is 10.9. The van der Waals surface area contributed by atoms with Gasteiger partial charge in [0.2, 0.25) is 12.7 Å². The van der Waals surface area contributed by atoms with E-state index in [1.54, 1.807) is 0 Å². The van der Waals surface area contributed by atoms with Crippen LogP contribution in [0.25, 0.3) is 11.1 Å². The molecular weight excluding hydrogens is 466 g/mol. The minimum Gasteiger partial charge on any atom is -0.454 e. The minimum absolute atomic E-state index is 0. The van der Waals surface area contributed by atoms with E-state index in [0.717, 1.165) is 53.9 Å². The molecule has 1 fully saturated rings. The van der Waals surface area contributed by atoms with E-state index in [2.05, 4.69) is 23.6 Å². The molecule has 0 atom stereocenters. The maximum atomic E-state index is 13.4. The Morgan fingerprint density at radius 2 is 1.73 bits per heavy atom. The van der Waals surface area contributed by atoms with Gasteiger partial charge in [-0.25, -0.2) is 0 Å². The number of rotatable bonds is 9. The molecule has 2 N–H and O–H groups in total. The normalized spacial score (nSPS) is 14.9. The number of anilines is 1. The lowest BCUT2D eigenvalue weighted by Crippen LogP contribution is -2.31. The first kappa shape index (κ1) is 24.8. The van der Waals surface area contributed by atoms with Crippen LogP contribution in [0, 0.1) is 0 Å².